The van der Waals surface area contributed by atoms with Gasteiger partial charge in [-0.25, -0.2) is 0 Å². The topological polar surface area (TPSA) is 51.0 Å². The van der Waals surface area contributed by atoms with E-state index in [1.807, 2.05) is 24.3 Å². The Balaban J connectivity index is 1.98. The van der Waals surface area contributed by atoms with Crippen molar-refractivity contribution < 1.29 is 4.52 Å². The van der Waals surface area contributed by atoms with Crippen LogP contribution in [-0.4, -0.2) is 10.1 Å². The summed E-state index contributed by atoms with van der Waals surface area (Å²) in [4.78, 5) is 3.88. The van der Waals surface area contributed by atoms with Crippen LogP contribution in [0.1, 0.15) is 5.89 Å². The van der Waals surface area contributed by atoms with Gasteiger partial charge in [-0.15, -0.1) is 0 Å². The van der Waals surface area contributed by atoms with Crippen LogP contribution in [0.4, 0.5) is 5.69 Å². The molecular weight excluding hydrogens is 202 g/mol. The van der Waals surface area contributed by atoms with Gasteiger partial charge in [0.05, 0.1) is 6.54 Å². The molecule has 14 heavy (non-hydrogen) atoms. The lowest BCUT2D eigenvalue weighted by Gasteiger charge is -2.02. The molecule has 0 radical (unpaired) electrons. The lowest BCUT2D eigenvalue weighted by molar-refractivity contribution is 0.382. The fourth-order valence-corrected chi connectivity index (χ4v) is 1.24. The average Bonchev–Trinajstić information content (AvgIpc) is 2.67. The maximum atomic E-state index is 5.81. The molecule has 2 aromatic rings. The smallest absolute Gasteiger partial charge is 0.245 e. The van der Waals surface area contributed by atoms with E-state index in [2.05, 4.69) is 15.5 Å². The van der Waals surface area contributed by atoms with Gasteiger partial charge in [0, 0.05) is 10.7 Å². The third kappa shape index (κ3) is 2.23. The fourth-order valence-electron chi connectivity index (χ4n) is 1.05. The van der Waals surface area contributed by atoms with Crippen LogP contribution in [0.5, 0.6) is 0 Å². The quantitative estimate of drug-likeness (QED) is 0.843. The number of hydrogen-bond acceptors (Lipinski definition) is 4. The lowest BCUT2D eigenvalue weighted by atomic mass is 10.3. The average molecular weight is 210 g/mol. The molecule has 0 spiro atoms. The predicted octanol–water partition coefficient (Wildman–Crippen LogP) is 2.34. The van der Waals surface area contributed by atoms with Crippen LogP contribution in [-0.2, 0) is 6.54 Å². The molecule has 2 rings (SSSR count). The largest absolute Gasteiger partial charge is 0.376 e. The summed E-state index contributed by atoms with van der Waals surface area (Å²) in [6, 6.07) is 7.44. The van der Waals surface area contributed by atoms with Crippen LogP contribution in [0, 0.1) is 0 Å². The molecule has 0 atom stereocenters. The Morgan fingerprint density at radius 3 is 3.07 bits per heavy atom. The summed E-state index contributed by atoms with van der Waals surface area (Å²) in [7, 11) is 0. The van der Waals surface area contributed by atoms with Crippen molar-refractivity contribution in [2.45, 2.75) is 6.54 Å². The van der Waals surface area contributed by atoms with Crippen molar-refractivity contribution in [1.82, 2.24) is 10.1 Å². The lowest BCUT2D eigenvalue weighted by Crippen LogP contribution is -1.98. The molecule has 5 heteroatoms. The molecule has 0 amide bonds. The molecule has 72 valence electrons. The Kier molecular flexibility index (Phi) is 2.65. The van der Waals surface area contributed by atoms with Gasteiger partial charge in [0.2, 0.25) is 5.89 Å². The van der Waals surface area contributed by atoms with Gasteiger partial charge in [0.15, 0.2) is 6.33 Å². The molecule has 0 saturated carbocycles. The van der Waals surface area contributed by atoms with E-state index in [1.165, 1.54) is 6.33 Å². The highest BCUT2D eigenvalue weighted by Gasteiger charge is 1.98. The molecule has 0 aliphatic rings. The maximum absolute atomic E-state index is 5.81. The van der Waals surface area contributed by atoms with Crippen LogP contribution >= 0.6 is 11.6 Å². The number of rotatable bonds is 3. The van der Waals surface area contributed by atoms with Crippen molar-refractivity contribution in [3.63, 3.8) is 0 Å². The molecule has 1 heterocycles. The zero-order valence-corrected chi connectivity index (χ0v) is 8.03. The zero-order chi connectivity index (χ0) is 9.80. The van der Waals surface area contributed by atoms with Gasteiger partial charge in [0.1, 0.15) is 0 Å². The third-order valence-corrected chi connectivity index (χ3v) is 1.91. The Bertz CT molecular complexity index is 402. The molecule has 4 nitrogen and oxygen atoms in total. The Labute approximate surface area is 85.9 Å². The zero-order valence-electron chi connectivity index (χ0n) is 7.27. The molecule has 0 fully saturated rings. The van der Waals surface area contributed by atoms with E-state index in [1.54, 1.807) is 0 Å². The van der Waals surface area contributed by atoms with Crippen molar-refractivity contribution in [1.29, 1.82) is 0 Å². The monoisotopic (exact) mass is 209 g/mol. The van der Waals surface area contributed by atoms with Gasteiger partial charge in [-0.2, -0.15) is 4.98 Å². The van der Waals surface area contributed by atoms with Crippen molar-refractivity contribution in [2.24, 2.45) is 0 Å². The minimum atomic E-state index is 0.500. The van der Waals surface area contributed by atoms with Crippen molar-refractivity contribution in [2.75, 3.05) is 5.32 Å². The van der Waals surface area contributed by atoms with E-state index < -0.39 is 0 Å². The second-order valence-corrected chi connectivity index (χ2v) is 3.14. The molecule has 0 aliphatic heterocycles. The van der Waals surface area contributed by atoms with Crippen LogP contribution < -0.4 is 5.32 Å². The highest BCUT2D eigenvalue weighted by atomic mass is 35.5. The third-order valence-electron chi connectivity index (χ3n) is 1.68. The summed E-state index contributed by atoms with van der Waals surface area (Å²) in [6.45, 7) is 0.500. The number of benzene rings is 1. The molecule has 0 bridgehead atoms. The van der Waals surface area contributed by atoms with E-state index in [0.717, 1.165) is 5.69 Å². The first-order valence-electron chi connectivity index (χ1n) is 4.09. The normalized spacial score (nSPS) is 10.1. The molecule has 0 unspecified atom stereocenters. The van der Waals surface area contributed by atoms with Gasteiger partial charge in [-0.05, 0) is 18.2 Å². The van der Waals surface area contributed by atoms with Gasteiger partial charge < -0.3 is 9.84 Å². The SMILES string of the molecule is Clc1cccc(NCc2ncno2)c1. The summed E-state index contributed by atoms with van der Waals surface area (Å²) in [5.41, 5.74) is 0.927. The van der Waals surface area contributed by atoms with E-state index in [4.69, 9.17) is 16.1 Å². The van der Waals surface area contributed by atoms with Crippen LogP contribution in [0.3, 0.4) is 0 Å². The first-order chi connectivity index (χ1) is 6.84. The van der Waals surface area contributed by atoms with E-state index in [-0.39, 0.29) is 0 Å². The molecule has 0 saturated heterocycles. The van der Waals surface area contributed by atoms with Gasteiger partial charge in [-0.3, -0.25) is 0 Å². The highest BCUT2D eigenvalue weighted by Crippen LogP contribution is 2.15. The van der Waals surface area contributed by atoms with Crippen LogP contribution in [0.15, 0.2) is 35.1 Å². The summed E-state index contributed by atoms with van der Waals surface area (Å²) in [5.74, 6) is 0.546. The summed E-state index contributed by atoms with van der Waals surface area (Å²) < 4.78 is 4.83. The Morgan fingerprint density at radius 1 is 1.43 bits per heavy atom. The number of halogens is 1. The van der Waals surface area contributed by atoms with Crippen molar-refractivity contribution >= 4 is 17.3 Å². The van der Waals surface area contributed by atoms with E-state index in [0.29, 0.717) is 17.5 Å². The maximum Gasteiger partial charge on any atom is 0.245 e. The number of anilines is 1. The van der Waals surface area contributed by atoms with Crippen molar-refractivity contribution in [3.8, 4) is 0 Å². The first kappa shape index (κ1) is 9.02. The van der Waals surface area contributed by atoms with Gasteiger partial charge in [-0.1, -0.05) is 22.8 Å². The Hall–Kier alpha value is -1.55. The first-order valence-corrected chi connectivity index (χ1v) is 4.47. The van der Waals surface area contributed by atoms with Crippen LogP contribution in [0.2, 0.25) is 5.02 Å². The summed E-state index contributed by atoms with van der Waals surface area (Å²) in [5, 5.41) is 7.30. The summed E-state index contributed by atoms with van der Waals surface area (Å²) >= 11 is 5.81. The Morgan fingerprint density at radius 2 is 2.36 bits per heavy atom. The van der Waals surface area contributed by atoms with E-state index in [9.17, 15) is 0 Å². The number of nitrogens with one attached hydrogen (secondary N) is 1. The molecule has 1 aromatic heterocycles. The van der Waals surface area contributed by atoms with Crippen molar-refractivity contribution in [3.05, 3.63) is 41.5 Å². The molecular formula is C9H8ClN3O. The van der Waals surface area contributed by atoms with E-state index >= 15 is 0 Å². The minimum Gasteiger partial charge on any atom is -0.376 e. The number of nitrogens with zero attached hydrogens (tertiary/aromatic N) is 2. The van der Waals surface area contributed by atoms with Gasteiger partial charge >= 0.3 is 0 Å². The number of hydrogen-bond donors (Lipinski definition) is 1. The second kappa shape index (κ2) is 4.11. The standard InChI is InChI=1S/C9H8ClN3O/c10-7-2-1-3-8(4-7)11-5-9-12-6-13-14-9/h1-4,6,11H,5H2. The minimum absolute atomic E-state index is 0.500. The molecule has 0 aliphatic carbocycles. The number of aromatic nitrogens is 2. The molecule has 1 aromatic carbocycles. The fraction of sp³-hybridized carbons (Fsp3) is 0.111. The summed E-state index contributed by atoms with van der Waals surface area (Å²) in [6.07, 6.45) is 1.37. The predicted molar refractivity (Wildman–Crippen MR) is 53.1 cm³/mol. The van der Waals surface area contributed by atoms with Gasteiger partial charge in [0.25, 0.3) is 0 Å². The van der Waals surface area contributed by atoms with Crippen LogP contribution in [0.25, 0.3) is 0 Å². The second-order valence-electron chi connectivity index (χ2n) is 2.70. The molecule has 1 N–H and O–H groups in total. The highest BCUT2D eigenvalue weighted by molar-refractivity contribution is 6.30.